The summed E-state index contributed by atoms with van der Waals surface area (Å²) in [5.74, 6) is -1.28. The van der Waals surface area contributed by atoms with Crippen molar-refractivity contribution in [2.24, 2.45) is 20.0 Å². The van der Waals surface area contributed by atoms with Crippen LogP contribution in [0.1, 0.15) is 30.1 Å². The van der Waals surface area contributed by atoms with E-state index in [2.05, 4.69) is 10.2 Å². The number of hydrogen-bond acceptors (Lipinski definition) is 5. The molecule has 0 bridgehead atoms. The average molecular weight is 455 g/mol. The monoisotopic (exact) mass is 454 g/mol. The van der Waals surface area contributed by atoms with E-state index in [0.717, 1.165) is 11.2 Å². The van der Waals surface area contributed by atoms with Gasteiger partial charge in [0.25, 0.3) is 5.91 Å². The summed E-state index contributed by atoms with van der Waals surface area (Å²) in [6.45, 7) is 3.34. The van der Waals surface area contributed by atoms with E-state index >= 15 is 0 Å². The smallest absolute Gasteiger partial charge is 0.328 e. The molecule has 1 saturated heterocycles. The Labute approximate surface area is 190 Å². The number of piperidine rings is 1. The number of aromatic nitrogens is 2. The quantitative estimate of drug-likeness (QED) is 0.599. The van der Waals surface area contributed by atoms with Gasteiger partial charge in [-0.3, -0.25) is 18.7 Å². The standard InChI is InChI=1S/C24H27FN4O4/c1-4-33-23(31)15-8-10-29(11-9-15)19-14-21-20(27(2)24(32)28(21)3)13-18(19)26-22(30)16-6-5-7-17(25)12-16/h5-7,12-15H,4,8-11H2,1-3H3,(H,26,30). The fourth-order valence-corrected chi connectivity index (χ4v) is 4.34. The first kappa shape index (κ1) is 22.6. The number of halogens is 1. The molecule has 1 fully saturated rings. The van der Waals surface area contributed by atoms with Crippen LogP contribution in [0.3, 0.4) is 0 Å². The topological polar surface area (TPSA) is 85.6 Å². The molecule has 0 unspecified atom stereocenters. The summed E-state index contributed by atoms with van der Waals surface area (Å²) < 4.78 is 21.9. The minimum absolute atomic E-state index is 0.156. The van der Waals surface area contributed by atoms with Crippen molar-refractivity contribution in [3.8, 4) is 0 Å². The second-order valence-electron chi connectivity index (χ2n) is 8.24. The second-order valence-corrected chi connectivity index (χ2v) is 8.24. The van der Waals surface area contributed by atoms with Crippen LogP contribution in [0.25, 0.3) is 11.0 Å². The summed E-state index contributed by atoms with van der Waals surface area (Å²) in [6, 6.07) is 9.12. The SMILES string of the molecule is CCOC(=O)C1CCN(c2cc3c(cc2NC(=O)c2cccc(F)c2)n(C)c(=O)n3C)CC1. The van der Waals surface area contributed by atoms with Gasteiger partial charge in [0.1, 0.15) is 5.82 Å². The minimum atomic E-state index is -0.496. The summed E-state index contributed by atoms with van der Waals surface area (Å²) in [7, 11) is 3.37. The van der Waals surface area contributed by atoms with Gasteiger partial charge in [-0.1, -0.05) is 6.07 Å². The molecule has 0 saturated carbocycles. The summed E-state index contributed by atoms with van der Waals surface area (Å²) >= 11 is 0. The van der Waals surface area contributed by atoms with E-state index < -0.39 is 11.7 Å². The van der Waals surface area contributed by atoms with Crippen molar-refractivity contribution < 1.29 is 18.7 Å². The van der Waals surface area contributed by atoms with Gasteiger partial charge in [0.2, 0.25) is 0 Å². The Bertz CT molecular complexity index is 1270. The number of nitrogens with one attached hydrogen (secondary N) is 1. The maximum atomic E-state index is 13.6. The highest BCUT2D eigenvalue weighted by Gasteiger charge is 2.28. The molecule has 1 aliphatic rings. The number of anilines is 2. The van der Waals surface area contributed by atoms with Crippen LogP contribution in [0.15, 0.2) is 41.2 Å². The molecule has 2 aromatic carbocycles. The molecule has 3 aromatic rings. The average Bonchev–Trinajstić information content (AvgIpc) is 3.02. The Morgan fingerprint density at radius 1 is 1.09 bits per heavy atom. The Kier molecular flexibility index (Phi) is 6.22. The number of rotatable bonds is 5. The summed E-state index contributed by atoms with van der Waals surface area (Å²) in [6.07, 6.45) is 1.25. The Hall–Kier alpha value is -3.62. The van der Waals surface area contributed by atoms with Gasteiger partial charge in [0.05, 0.1) is 34.9 Å². The minimum Gasteiger partial charge on any atom is -0.466 e. The van der Waals surface area contributed by atoms with Crippen molar-refractivity contribution in [2.75, 3.05) is 29.9 Å². The number of nitrogens with zero attached hydrogens (tertiary/aromatic N) is 3. The molecule has 1 N–H and O–H groups in total. The van der Waals surface area contributed by atoms with Gasteiger partial charge in [0, 0.05) is 32.7 Å². The predicted octanol–water partition coefficient (Wildman–Crippen LogP) is 3.05. The third kappa shape index (κ3) is 4.35. The zero-order chi connectivity index (χ0) is 23.7. The lowest BCUT2D eigenvalue weighted by Crippen LogP contribution is -2.37. The number of benzene rings is 2. The van der Waals surface area contributed by atoms with Crippen molar-refractivity contribution in [3.63, 3.8) is 0 Å². The van der Waals surface area contributed by atoms with Crippen molar-refractivity contribution in [1.29, 1.82) is 0 Å². The first-order chi connectivity index (χ1) is 15.8. The number of carbonyl (C=O) groups excluding carboxylic acids is 2. The van der Waals surface area contributed by atoms with Gasteiger partial charge in [-0.2, -0.15) is 0 Å². The summed E-state index contributed by atoms with van der Waals surface area (Å²) in [4.78, 5) is 39.6. The number of aryl methyl sites for hydroxylation is 2. The van der Waals surface area contributed by atoms with Crippen LogP contribution in [0.2, 0.25) is 0 Å². The van der Waals surface area contributed by atoms with E-state index in [4.69, 9.17) is 4.74 Å². The molecule has 0 aliphatic carbocycles. The maximum Gasteiger partial charge on any atom is 0.328 e. The van der Waals surface area contributed by atoms with Crippen LogP contribution in [-0.2, 0) is 23.6 Å². The molecule has 1 aromatic heterocycles. The Balaban J connectivity index is 1.70. The van der Waals surface area contributed by atoms with Gasteiger partial charge in [0.15, 0.2) is 0 Å². The van der Waals surface area contributed by atoms with E-state index in [-0.39, 0.29) is 23.1 Å². The van der Waals surface area contributed by atoms with Crippen LogP contribution >= 0.6 is 0 Å². The zero-order valence-corrected chi connectivity index (χ0v) is 18.9. The van der Waals surface area contributed by atoms with Gasteiger partial charge < -0.3 is 15.0 Å². The number of fused-ring (bicyclic) bond motifs is 1. The van der Waals surface area contributed by atoms with Gasteiger partial charge in [-0.05, 0) is 50.1 Å². The second kappa shape index (κ2) is 9.09. The maximum absolute atomic E-state index is 13.6. The molecule has 174 valence electrons. The molecule has 4 rings (SSSR count). The van der Waals surface area contributed by atoms with Crippen LogP contribution < -0.4 is 15.9 Å². The van der Waals surface area contributed by atoms with E-state index in [1.54, 1.807) is 37.7 Å². The van der Waals surface area contributed by atoms with Crippen LogP contribution in [0.5, 0.6) is 0 Å². The molecular formula is C24H27FN4O4. The Morgan fingerprint density at radius 2 is 1.76 bits per heavy atom. The van der Waals surface area contributed by atoms with Crippen molar-refractivity contribution in [2.45, 2.75) is 19.8 Å². The molecule has 0 atom stereocenters. The molecule has 0 spiro atoms. The fourth-order valence-electron chi connectivity index (χ4n) is 4.34. The third-order valence-corrected chi connectivity index (χ3v) is 6.18. The third-order valence-electron chi connectivity index (χ3n) is 6.18. The van der Waals surface area contributed by atoms with Crippen LogP contribution in [-0.4, -0.2) is 40.7 Å². The molecule has 1 aliphatic heterocycles. The number of ether oxygens (including phenoxy) is 1. The number of amides is 1. The number of imidazole rings is 1. The normalized spacial score (nSPS) is 14.5. The van der Waals surface area contributed by atoms with Gasteiger partial charge in [-0.15, -0.1) is 0 Å². The van der Waals surface area contributed by atoms with Crippen LogP contribution in [0, 0.1) is 11.7 Å². The molecular weight excluding hydrogens is 427 g/mol. The lowest BCUT2D eigenvalue weighted by Gasteiger charge is -2.34. The van der Waals surface area contributed by atoms with E-state index in [0.29, 0.717) is 43.7 Å². The van der Waals surface area contributed by atoms with Gasteiger partial charge >= 0.3 is 11.7 Å². The fraction of sp³-hybridized carbons (Fsp3) is 0.375. The molecule has 8 nitrogen and oxygen atoms in total. The lowest BCUT2D eigenvalue weighted by molar-refractivity contribution is -0.148. The number of carbonyl (C=O) groups is 2. The number of hydrogen-bond donors (Lipinski definition) is 1. The highest BCUT2D eigenvalue weighted by Crippen LogP contribution is 2.34. The molecule has 2 heterocycles. The Morgan fingerprint density at radius 3 is 2.39 bits per heavy atom. The highest BCUT2D eigenvalue weighted by molar-refractivity contribution is 6.07. The van der Waals surface area contributed by atoms with E-state index in [1.165, 1.54) is 22.8 Å². The predicted molar refractivity (Wildman–Crippen MR) is 124 cm³/mol. The highest BCUT2D eigenvalue weighted by atomic mass is 19.1. The van der Waals surface area contributed by atoms with Crippen molar-refractivity contribution >= 4 is 34.3 Å². The van der Waals surface area contributed by atoms with Crippen molar-refractivity contribution in [1.82, 2.24) is 9.13 Å². The molecule has 9 heteroatoms. The first-order valence-electron chi connectivity index (χ1n) is 11.0. The van der Waals surface area contributed by atoms with Crippen molar-refractivity contribution in [3.05, 3.63) is 58.3 Å². The molecule has 1 amide bonds. The largest absolute Gasteiger partial charge is 0.466 e. The van der Waals surface area contributed by atoms with E-state index in [1.807, 2.05) is 6.07 Å². The molecule has 0 radical (unpaired) electrons. The van der Waals surface area contributed by atoms with Gasteiger partial charge in [-0.25, -0.2) is 9.18 Å². The molecule has 33 heavy (non-hydrogen) atoms. The number of esters is 1. The lowest BCUT2D eigenvalue weighted by atomic mass is 9.96. The zero-order valence-electron chi connectivity index (χ0n) is 18.9. The van der Waals surface area contributed by atoms with E-state index in [9.17, 15) is 18.8 Å². The summed E-state index contributed by atoms with van der Waals surface area (Å²) in [5.41, 5.74) is 2.69. The summed E-state index contributed by atoms with van der Waals surface area (Å²) in [5, 5.41) is 2.89. The first-order valence-corrected chi connectivity index (χ1v) is 11.0. The van der Waals surface area contributed by atoms with Crippen LogP contribution in [0.4, 0.5) is 15.8 Å².